The Morgan fingerprint density at radius 2 is 1.23 bits per heavy atom. The third-order valence-electron chi connectivity index (χ3n) is 3.96. The van der Waals surface area contributed by atoms with E-state index in [4.69, 9.17) is 28.4 Å². The van der Waals surface area contributed by atoms with Crippen molar-refractivity contribution < 1.29 is 28.4 Å². The van der Waals surface area contributed by atoms with Crippen LogP contribution >= 0.6 is 22.6 Å². The molecule has 1 fully saturated rings. The van der Waals surface area contributed by atoms with Crippen molar-refractivity contribution in [3.63, 3.8) is 0 Å². The molecule has 0 N–H and O–H groups in total. The molecule has 1 aliphatic rings. The zero-order chi connectivity index (χ0) is 18.5. The third kappa shape index (κ3) is 16.6. The highest BCUT2D eigenvalue weighted by atomic mass is 127. The molecule has 1 saturated heterocycles. The first-order valence-corrected chi connectivity index (χ1v) is 11.6. The van der Waals surface area contributed by atoms with Crippen LogP contribution in [0.3, 0.4) is 0 Å². The molecule has 1 atom stereocenters. The predicted molar refractivity (Wildman–Crippen MR) is 110 cm³/mol. The average Bonchev–Trinajstić information content (AvgIpc) is 2.68. The zero-order valence-corrected chi connectivity index (χ0v) is 18.3. The molecule has 0 spiro atoms. The van der Waals surface area contributed by atoms with Crippen molar-refractivity contribution in [2.45, 2.75) is 51.2 Å². The van der Waals surface area contributed by atoms with E-state index in [1.807, 2.05) is 0 Å². The summed E-state index contributed by atoms with van der Waals surface area (Å²) in [7, 11) is 0. The summed E-state index contributed by atoms with van der Waals surface area (Å²) in [6, 6.07) is 0. The standard InChI is InChI=1S/C19H37IO6/c20-8-4-1-2-5-9-21-11-12-22-13-14-23-15-16-24-17-18-26-19-7-3-6-10-25-19/h19H,1-18H2. The second-order valence-corrected chi connectivity index (χ2v) is 7.30. The quantitative estimate of drug-likeness (QED) is 0.157. The van der Waals surface area contributed by atoms with E-state index in [1.165, 1.54) is 30.1 Å². The largest absolute Gasteiger partial charge is 0.379 e. The Kier molecular flexibility index (Phi) is 19.1. The Labute approximate surface area is 172 Å². The minimum atomic E-state index is -0.0366. The highest BCUT2D eigenvalue weighted by Crippen LogP contribution is 2.13. The molecule has 1 rings (SSSR count). The number of halogens is 1. The van der Waals surface area contributed by atoms with E-state index in [0.29, 0.717) is 52.9 Å². The molecule has 0 aromatic heterocycles. The Bertz CT molecular complexity index is 277. The summed E-state index contributed by atoms with van der Waals surface area (Å²) in [5.41, 5.74) is 0. The fraction of sp³-hybridized carbons (Fsp3) is 1.00. The lowest BCUT2D eigenvalue weighted by atomic mass is 10.2. The van der Waals surface area contributed by atoms with Gasteiger partial charge in [-0.15, -0.1) is 0 Å². The minimum Gasteiger partial charge on any atom is -0.379 e. The smallest absolute Gasteiger partial charge is 0.157 e. The molecule has 0 radical (unpaired) electrons. The third-order valence-corrected chi connectivity index (χ3v) is 4.72. The lowest BCUT2D eigenvalue weighted by Crippen LogP contribution is -2.24. The number of ether oxygens (including phenoxy) is 6. The van der Waals surface area contributed by atoms with Crippen LogP contribution in [0.2, 0.25) is 0 Å². The van der Waals surface area contributed by atoms with Crippen molar-refractivity contribution in [2.24, 2.45) is 0 Å². The van der Waals surface area contributed by atoms with Crippen LogP contribution in [0.25, 0.3) is 0 Å². The molecular weight excluding hydrogens is 451 g/mol. The molecule has 0 aromatic rings. The van der Waals surface area contributed by atoms with E-state index in [-0.39, 0.29) is 6.29 Å². The summed E-state index contributed by atoms with van der Waals surface area (Å²) >= 11 is 2.42. The van der Waals surface area contributed by atoms with Crippen molar-refractivity contribution in [2.75, 3.05) is 70.5 Å². The number of rotatable bonds is 19. The van der Waals surface area contributed by atoms with Gasteiger partial charge in [0.05, 0.1) is 52.9 Å². The van der Waals surface area contributed by atoms with Gasteiger partial charge in [0.15, 0.2) is 6.29 Å². The van der Waals surface area contributed by atoms with E-state index in [0.717, 1.165) is 32.5 Å². The fourth-order valence-corrected chi connectivity index (χ4v) is 3.03. The predicted octanol–water partition coefficient (Wildman–Crippen LogP) is 3.59. The van der Waals surface area contributed by atoms with Gasteiger partial charge in [-0.1, -0.05) is 35.4 Å². The number of alkyl halides is 1. The lowest BCUT2D eigenvalue weighted by Gasteiger charge is -2.22. The van der Waals surface area contributed by atoms with Crippen LogP contribution in [-0.4, -0.2) is 76.8 Å². The van der Waals surface area contributed by atoms with E-state index in [2.05, 4.69) is 22.6 Å². The molecular formula is C19H37IO6. The Hall–Kier alpha value is 0.490. The Morgan fingerprint density at radius 3 is 1.81 bits per heavy atom. The van der Waals surface area contributed by atoms with Crippen LogP contribution in [0.15, 0.2) is 0 Å². The minimum absolute atomic E-state index is 0.0366. The molecule has 6 nitrogen and oxygen atoms in total. The Morgan fingerprint density at radius 1 is 0.654 bits per heavy atom. The monoisotopic (exact) mass is 488 g/mol. The van der Waals surface area contributed by atoms with Gasteiger partial charge in [-0.2, -0.15) is 0 Å². The van der Waals surface area contributed by atoms with Crippen LogP contribution in [0.1, 0.15) is 44.9 Å². The van der Waals surface area contributed by atoms with Crippen molar-refractivity contribution >= 4 is 22.6 Å². The molecule has 0 amide bonds. The first-order chi connectivity index (χ1) is 12.9. The van der Waals surface area contributed by atoms with Gasteiger partial charge in [0, 0.05) is 13.2 Å². The molecule has 0 aromatic carbocycles. The number of unbranched alkanes of at least 4 members (excludes halogenated alkanes) is 3. The summed E-state index contributed by atoms with van der Waals surface area (Å²) in [4.78, 5) is 0. The van der Waals surface area contributed by atoms with Crippen LogP contribution < -0.4 is 0 Å². The van der Waals surface area contributed by atoms with Crippen LogP contribution in [0.4, 0.5) is 0 Å². The maximum atomic E-state index is 5.59. The first kappa shape index (κ1) is 24.5. The maximum Gasteiger partial charge on any atom is 0.157 e. The SMILES string of the molecule is ICCCCCCOCCOCCOCCOCCOC1CCCCO1. The normalized spacial score (nSPS) is 17.7. The summed E-state index contributed by atoms with van der Waals surface area (Å²) in [6.45, 7) is 6.46. The van der Waals surface area contributed by atoms with E-state index < -0.39 is 0 Å². The van der Waals surface area contributed by atoms with Gasteiger partial charge in [-0.25, -0.2) is 0 Å². The molecule has 0 bridgehead atoms. The van der Waals surface area contributed by atoms with E-state index >= 15 is 0 Å². The number of hydrogen-bond donors (Lipinski definition) is 0. The molecule has 0 aliphatic carbocycles. The lowest BCUT2D eigenvalue weighted by molar-refractivity contribution is -0.169. The molecule has 156 valence electrons. The Balaban J connectivity index is 1.65. The highest BCUT2D eigenvalue weighted by molar-refractivity contribution is 14.1. The number of hydrogen-bond acceptors (Lipinski definition) is 6. The average molecular weight is 488 g/mol. The zero-order valence-electron chi connectivity index (χ0n) is 16.1. The van der Waals surface area contributed by atoms with Crippen LogP contribution in [0.5, 0.6) is 0 Å². The van der Waals surface area contributed by atoms with E-state index in [1.54, 1.807) is 0 Å². The summed E-state index contributed by atoms with van der Waals surface area (Å²) in [5, 5.41) is 0. The van der Waals surface area contributed by atoms with Gasteiger partial charge in [0.25, 0.3) is 0 Å². The van der Waals surface area contributed by atoms with Gasteiger partial charge in [0.1, 0.15) is 0 Å². The van der Waals surface area contributed by atoms with Gasteiger partial charge in [-0.3, -0.25) is 0 Å². The van der Waals surface area contributed by atoms with Gasteiger partial charge >= 0.3 is 0 Å². The highest BCUT2D eigenvalue weighted by Gasteiger charge is 2.13. The van der Waals surface area contributed by atoms with Gasteiger partial charge < -0.3 is 28.4 Å². The second-order valence-electron chi connectivity index (χ2n) is 6.22. The molecule has 1 unspecified atom stereocenters. The van der Waals surface area contributed by atoms with Crippen molar-refractivity contribution in [1.82, 2.24) is 0 Å². The molecule has 1 heterocycles. The van der Waals surface area contributed by atoms with E-state index in [9.17, 15) is 0 Å². The summed E-state index contributed by atoms with van der Waals surface area (Å²) in [5.74, 6) is 0. The van der Waals surface area contributed by atoms with Crippen molar-refractivity contribution in [1.29, 1.82) is 0 Å². The molecule has 0 saturated carbocycles. The fourth-order valence-electron chi connectivity index (χ4n) is 2.50. The molecule has 26 heavy (non-hydrogen) atoms. The summed E-state index contributed by atoms with van der Waals surface area (Å²) in [6.07, 6.45) is 8.33. The van der Waals surface area contributed by atoms with Gasteiger partial charge in [-0.05, 0) is 36.5 Å². The first-order valence-electron chi connectivity index (χ1n) is 10.0. The van der Waals surface area contributed by atoms with Crippen molar-refractivity contribution in [3.05, 3.63) is 0 Å². The van der Waals surface area contributed by atoms with Crippen molar-refractivity contribution in [3.8, 4) is 0 Å². The second kappa shape index (κ2) is 20.2. The summed E-state index contributed by atoms with van der Waals surface area (Å²) < 4.78 is 34.2. The topological polar surface area (TPSA) is 55.4 Å². The van der Waals surface area contributed by atoms with Crippen LogP contribution in [0, 0.1) is 0 Å². The molecule has 7 heteroatoms. The molecule has 1 aliphatic heterocycles. The maximum absolute atomic E-state index is 5.59. The van der Waals surface area contributed by atoms with Gasteiger partial charge in [0.2, 0.25) is 0 Å². The van der Waals surface area contributed by atoms with Crippen LogP contribution in [-0.2, 0) is 28.4 Å².